The first-order chi connectivity index (χ1) is 13.8. The van der Waals surface area contributed by atoms with E-state index in [2.05, 4.69) is 15.6 Å². The van der Waals surface area contributed by atoms with E-state index in [1.54, 1.807) is 20.3 Å². The van der Waals surface area contributed by atoms with Gasteiger partial charge in [0.05, 0.1) is 19.9 Å². The van der Waals surface area contributed by atoms with Crippen LogP contribution in [-0.2, 0) is 11.2 Å². The van der Waals surface area contributed by atoms with Gasteiger partial charge in [-0.1, -0.05) is 6.07 Å². The lowest BCUT2D eigenvalue weighted by Crippen LogP contribution is -2.34. The SMILES string of the molecule is COc1ccc(CCNC(N)=NCC(=O)Nc2ccc(F)c(F)c2F)cc1OC.I. The molecule has 0 heterocycles. The molecule has 0 aliphatic heterocycles. The van der Waals surface area contributed by atoms with Crippen LogP contribution in [0.25, 0.3) is 0 Å². The van der Waals surface area contributed by atoms with Crippen molar-refractivity contribution < 1.29 is 27.4 Å². The molecule has 1 amide bonds. The maximum Gasteiger partial charge on any atom is 0.246 e. The van der Waals surface area contributed by atoms with Crippen molar-refractivity contribution in [3.8, 4) is 11.5 Å². The third kappa shape index (κ3) is 6.97. The number of nitrogens with zero attached hydrogens (tertiary/aromatic N) is 1. The molecule has 0 unspecified atom stereocenters. The fourth-order valence-electron chi connectivity index (χ4n) is 2.40. The molecule has 0 saturated carbocycles. The summed E-state index contributed by atoms with van der Waals surface area (Å²) in [6, 6.07) is 7.12. The molecular weight excluding hydrogens is 516 g/mol. The van der Waals surface area contributed by atoms with Crippen LogP contribution in [-0.4, -0.2) is 39.2 Å². The summed E-state index contributed by atoms with van der Waals surface area (Å²) in [5, 5.41) is 4.94. The van der Waals surface area contributed by atoms with E-state index in [4.69, 9.17) is 15.2 Å². The van der Waals surface area contributed by atoms with Crippen LogP contribution in [0.1, 0.15) is 5.56 Å². The number of aliphatic imine (C=N–C) groups is 1. The Labute approximate surface area is 188 Å². The van der Waals surface area contributed by atoms with Crippen LogP contribution in [0, 0.1) is 17.5 Å². The minimum Gasteiger partial charge on any atom is -0.493 e. The van der Waals surface area contributed by atoms with Crippen molar-refractivity contribution in [2.24, 2.45) is 10.7 Å². The van der Waals surface area contributed by atoms with Crippen molar-refractivity contribution in [1.82, 2.24) is 5.32 Å². The van der Waals surface area contributed by atoms with Gasteiger partial charge in [0.15, 0.2) is 34.9 Å². The van der Waals surface area contributed by atoms with Gasteiger partial charge in [0.2, 0.25) is 5.91 Å². The van der Waals surface area contributed by atoms with Crippen LogP contribution in [0.4, 0.5) is 18.9 Å². The Bertz CT molecular complexity index is 913. The Morgan fingerprint density at radius 3 is 2.43 bits per heavy atom. The summed E-state index contributed by atoms with van der Waals surface area (Å²) in [7, 11) is 3.09. The van der Waals surface area contributed by atoms with E-state index in [0.717, 1.165) is 11.6 Å². The van der Waals surface area contributed by atoms with Crippen molar-refractivity contribution in [2.75, 3.05) is 32.6 Å². The predicted octanol–water partition coefficient (Wildman–Crippen LogP) is 2.82. The van der Waals surface area contributed by atoms with Gasteiger partial charge in [-0.15, -0.1) is 24.0 Å². The highest BCUT2D eigenvalue weighted by Crippen LogP contribution is 2.27. The fraction of sp³-hybridized carbons (Fsp3) is 0.263. The monoisotopic (exact) mass is 538 g/mol. The largest absolute Gasteiger partial charge is 0.493 e. The average molecular weight is 538 g/mol. The van der Waals surface area contributed by atoms with Gasteiger partial charge < -0.3 is 25.8 Å². The van der Waals surface area contributed by atoms with E-state index in [0.29, 0.717) is 30.5 Å². The summed E-state index contributed by atoms with van der Waals surface area (Å²) >= 11 is 0. The standard InChI is InChI=1S/C19H21F3N4O3.HI/c1-28-14-6-3-11(9-15(14)29-2)7-8-24-19(23)25-10-16(27)26-13-5-4-12(20)17(21)18(13)22;/h3-6,9H,7-8,10H2,1-2H3,(H,26,27)(H3,23,24,25);1H. The molecule has 0 spiro atoms. The summed E-state index contributed by atoms with van der Waals surface area (Å²) in [5.41, 5.74) is 6.17. The lowest BCUT2D eigenvalue weighted by molar-refractivity contribution is -0.114. The van der Waals surface area contributed by atoms with Crippen LogP contribution >= 0.6 is 24.0 Å². The molecule has 7 nitrogen and oxygen atoms in total. The summed E-state index contributed by atoms with van der Waals surface area (Å²) in [4.78, 5) is 15.6. The highest BCUT2D eigenvalue weighted by atomic mass is 127. The van der Waals surface area contributed by atoms with E-state index in [9.17, 15) is 18.0 Å². The minimum atomic E-state index is -1.66. The predicted molar refractivity (Wildman–Crippen MR) is 118 cm³/mol. The zero-order chi connectivity index (χ0) is 21.4. The fourth-order valence-corrected chi connectivity index (χ4v) is 2.40. The Hall–Kier alpha value is -2.70. The zero-order valence-electron chi connectivity index (χ0n) is 16.3. The van der Waals surface area contributed by atoms with E-state index in [1.807, 2.05) is 12.1 Å². The van der Waals surface area contributed by atoms with Crippen LogP contribution in [0.15, 0.2) is 35.3 Å². The summed E-state index contributed by atoms with van der Waals surface area (Å²) < 4.78 is 50.0. The van der Waals surface area contributed by atoms with Gasteiger partial charge in [0.25, 0.3) is 0 Å². The van der Waals surface area contributed by atoms with Gasteiger partial charge in [-0.2, -0.15) is 0 Å². The number of anilines is 1. The van der Waals surface area contributed by atoms with Crippen molar-refractivity contribution in [2.45, 2.75) is 6.42 Å². The Morgan fingerprint density at radius 2 is 1.77 bits per heavy atom. The second-order valence-electron chi connectivity index (χ2n) is 5.84. The van der Waals surface area contributed by atoms with Crippen LogP contribution in [0.2, 0.25) is 0 Å². The maximum atomic E-state index is 13.5. The zero-order valence-corrected chi connectivity index (χ0v) is 18.6. The molecule has 0 aliphatic rings. The molecule has 4 N–H and O–H groups in total. The number of guanidine groups is 1. The summed E-state index contributed by atoms with van der Waals surface area (Å²) in [5.74, 6) is -4.00. The third-order valence-electron chi connectivity index (χ3n) is 3.87. The summed E-state index contributed by atoms with van der Waals surface area (Å²) in [6.45, 7) is 0.0118. The number of rotatable bonds is 8. The molecular formula is C19H22F3IN4O3. The van der Waals surface area contributed by atoms with Gasteiger partial charge >= 0.3 is 0 Å². The van der Waals surface area contributed by atoms with Gasteiger partial charge in [-0.25, -0.2) is 18.2 Å². The van der Waals surface area contributed by atoms with E-state index in [-0.39, 0.29) is 29.9 Å². The first-order valence-electron chi connectivity index (χ1n) is 8.53. The number of carbonyl (C=O) groups is 1. The highest BCUT2D eigenvalue weighted by Gasteiger charge is 2.15. The quantitative estimate of drug-likeness (QED) is 0.208. The lowest BCUT2D eigenvalue weighted by atomic mass is 10.1. The van der Waals surface area contributed by atoms with Gasteiger partial charge in [-0.05, 0) is 36.2 Å². The first kappa shape index (κ1) is 25.3. The molecule has 0 bridgehead atoms. The van der Waals surface area contributed by atoms with Crippen molar-refractivity contribution in [3.05, 3.63) is 53.3 Å². The van der Waals surface area contributed by atoms with Gasteiger partial charge in [0, 0.05) is 6.54 Å². The normalized spacial score (nSPS) is 10.8. The topological polar surface area (TPSA) is 98.0 Å². The number of methoxy groups -OCH3 is 2. The van der Waals surface area contributed by atoms with Crippen LogP contribution in [0.3, 0.4) is 0 Å². The van der Waals surface area contributed by atoms with E-state index < -0.39 is 35.6 Å². The molecule has 2 aromatic rings. The number of hydrogen-bond acceptors (Lipinski definition) is 4. The number of ether oxygens (including phenoxy) is 2. The minimum absolute atomic E-state index is 0. The summed E-state index contributed by atoms with van der Waals surface area (Å²) in [6.07, 6.45) is 0.600. The number of benzene rings is 2. The van der Waals surface area contributed by atoms with Crippen LogP contribution in [0.5, 0.6) is 11.5 Å². The van der Waals surface area contributed by atoms with E-state index in [1.165, 1.54) is 0 Å². The highest BCUT2D eigenvalue weighted by molar-refractivity contribution is 14.0. The first-order valence-corrected chi connectivity index (χ1v) is 8.53. The van der Waals surface area contributed by atoms with Crippen molar-refractivity contribution in [3.63, 3.8) is 0 Å². The smallest absolute Gasteiger partial charge is 0.246 e. The number of amides is 1. The molecule has 30 heavy (non-hydrogen) atoms. The molecule has 11 heteroatoms. The lowest BCUT2D eigenvalue weighted by Gasteiger charge is -2.10. The second kappa shape index (κ2) is 12.1. The molecule has 0 saturated heterocycles. The second-order valence-corrected chi connectivity index (χ2v) is 5.84. The Morgan fingerprint density at radius 1 is 1.07 bits per heavy atom. The van der Waals surface area contributed by atoms with Crippen molar-refractivity contribution in [1.29, 1.82) is 0 Å². The number of carbonyl (C=O) groups excluding carboxylic acids is 1. The van der Waals surface area contributed by atoms with Gasteiger partial charge in [-0.3, -0.25) is 4.79 Å². The molecule has 0 aromatic heterocycles. The van der Waals surface area contributed by atoms with Crippen LogP contribution < -0.4 is 25.8 Å². The third-order valence-corrected chi connectivity index (χ3v) is 3.87. The molecule has 0 fully saturated rings. The molecule has 164 valence electrons. The Kier molecular flexibility index (Phi) is 10.2. The van der Waals surface area contributed by atoms with Crippen molar-refractivity contribution >= 4 is 41.5 Å². The maximum absolute atomic E-state index is 13.5. The number of halogens is 4. The molecule has 0 aliphatic carbocycles. The average Bonchev–Trinajstić information content (AvgIpc) is 2.72. The Balaban J connectivity index is 0.00000450. The molecule has 2 aromatic carbocycles. The van der Waals surface area contributed by atoms with Gasteiger partial charge in [0.1, 0.15) is 6.54 Å². The number of hydrogen-bond donors (Lipinski definition) is 3. The van der Waals surface area contributed by atoms with E-state index >= 15 is 0 Å². The molecule has 0 atom stereocenters. The number of nitrogens with one attached hydrogen (secondary N) is 2. The molecule has 2 rings (SSSR count). The number of nitrogens with two attached hydrogens (primary N) is 1. The molecule has 0 radical (unpaired) electrons.